The normalized spacial score (nSPS) is 2.25. The van der Waals surface area contributed by atoms with Crippen LogP contribution in [0.3, 0.4) is 0 Å². The second-order valence-corrected chi connectivity index (χ2v) is 0. The summed E-state index contributed by atoms with van der Waals surface area (Å²) in [6, 6.07) is 0. The van der Waals surface area contributed by atoms with E-state index in [2.05, 4.69) is 12.8 Å². The van der Waals surface area contributed by atoms with Crippen LogP contribution < -0.4 is 0 Å². The summed E-state index contributed by atoms with van der Waals surface area (Å²) in [7, 11) is 4.83. The molecule has 0 amide bonds. The third kappa shape index (κ3) is 14.4. The Labute approximate surface area is 45.9 Å². The van der Waals surface area contributed by atoms with E-state index in [1.54, 1.807) is 0 Å². The van der Waals surface area contributed by atoms with Crippen LogP contribution in [0.25, 0.3) is 0 Å². The Morgan fingerprint density at radius 1 is 1.25 bits per heavy atom. The molecular formula is C2H2ClHg. The van der Waals surface area contributed by atoms with E-state index in [1.165, 1.54) is 0 Å². The maximum absolute atomic E-state index is 4.83. The maximum atomic E-state index is 4.83. The summed E-state index contributed by atoms with van der Waals surface area (Å²) in [5.74, 6) is 0. The van der Waals surface area contributed by atoms with Crippen molar-refractivity contribution in [3.8, 4) is 12.8 Å². The molecule has 0 rings (SSSR count). The van der Waals surface area contributed by atoms with Crippen molar-refractivity contribution in [2.45, 2.75) is 0 Å². The van der Waals surface area contributed by atoms with Gasteiger partial charge < -0.3 is 0 Å². The fraction of sp³-hybridized carbons (Fsp3) is 0. The minimum absolute atomic E-state index is 0.500. The average Bonchev–Trinajstić information content (AvgIpc) is 1.50. The molecule has 0 N–H and O–H groups in total. The SMILES string of the molecule is C#C.[Cl][Hg]. The van der Waals surface area contributed by atoms with Gasteiger partial charge in [-0.05, 0) is 0 Å². The fourth-order valence-corrected chi connectivity index (χ4v) is 0. The van der Waals surface area contributed by atoms with Crippen LogP contribution in [0.1, 0.15) is 0 Å². The predicted molar refractivity (Wildman–Crippen MR) is 15.7 cm³/mol. The topological polar surface area (TPSA) is 0 Å². The predicted octanol–water partition coefficient (Wildman–Crippen LogP) is 0.936. The van der Waals surface area contributed by atoms with Gasteiger partial charge in [0.05, 0.1) is 0 Å². The molecule has 0 nitrogen and oxygen atoms in total. The molecule has 4 heavy (non-hydrogen) atoms. The number of rotatable bonds is 0. The molecular weight excluding hydrogens is 260 g/mol. The van der Waals surface area contributed by atoms with Crippen LogP contribution in [0.2, 0.25) is 0 Å². The summed E-state index contributed by atoms with van der Waals surface area (Å²) in [5.41, 5.74) is 0. The van der Waals surface area contributed by atoms with Crippen molar-refractivity contribution in [2.24, 2.45) is 0 Å². The van der Waals surface area contributed by atoms with Gasteiger partial charge in [0.15, 0.2) is 0 Å². The van der Waals surface area contributed by atoms with Gasteiger partial charge in [-0.25, -0.2) is 0 Å². The summed E-state index contributed by atoms with van der Waals surface area (Å²) in [6.07, 6.45) is 8.00. The Morgan fingerprint density at radius 2 is 1.25 bits per heavy atom. The van der Waals surface area contributed by atoms with E-state index >= 15 is 0 Å². The molecule has 0 aliphatic carbocycles. The standard InChI is InChI=1S/C2H2.ClH.Hg/c1-2;;/h1-2H;1H;/q;;+1/p-1. The number of hydrogen-bond donors (Lipinski definition) is 0. The van der Waals surface area contributed by atoms with Crippen molar-refractivity contribution in [3.63, 3.8) is 0 Å². The van der Waals surface area contributed by atoms with E-state index < -0.39 is 0 Å². The van der Waals surface area contributed by atoms with E-state index in [-0.39, 0.29) is 0 Å². The fourth-order valence-electron chi connectivity index (χ4n) is 0. The van der Waals surface area contributed by atoms with E-state index in [0.717, 1.165) is 0 Å². The van der Waals surface area contributed by atoms with Crippen molar-refractivity contribution in [1.29, 1.82) is 0 Å². The zero-order valence-electron chi connectivity index (χ0n) is 2.24. The van der Waals surface area contributed by atoms with Crippen LogP contribution in [-0.4, -0.2) is 0 Å². The van der Waals surface area contributed by atoms with Gasteiger partial charge in [-0.1, -0.05) is 0 Å². The van der Waals surface area contributed by atoms with Crippen LogP contribution in [0.4, 0.5) is 0 Å². The second-order valence-electron chi connectivity index (χ2n) is 0. The first kappa shape index (κ1) is 8.84. The molecule has 0 aromatic rings. The molecule has 19 valence electrons. The van der Waals surface area contributed by atoms with Crippen LogP contribution in [0.5, 0.6) is 0 Å². The van der Waals surface area contributed by atoms with Gasteiger partial charge in [-0.2, -0.15) is 0 Å². The summed E-state index contributed by atoms with van der Waals surface area (Å²) in [6.45, 7) is 0. The quantitative estimate of drug-likeness (QED) is 0.450. The van der Waals surface area contributed by atoms with Crippen LogP contribution >= 0.6 is 8.25 Å². The molecule has 0 saturated carbocycles. The monoisotopic (exact) mass is 263 g/mol. The Bertz CT molecular complexity index is 10.8. The van der Waals surface area contributed by atoms with Crippen LogP contribution in [0.15, 0.2) is 0 Å². The first-order valence-corrected chi connectivity index (χ1v) is 7.37. The van der Waals surface area contributed by atoms with E-state index in [0.29, 0.717) is 24.9 Å². The van der Waals surface area contributed by atoms with Gasteiger partial charge in [0.1, 0.15) is 0 Å². The summed E-state index contributed by atoms with van der Waals surface area (Å²) in [4.78, 5) is 0. The van der Waals surface area contributed by atoms with E-state index in [9.17, 15) is 0 Å². The summed E-state index contributed by atoms with van der Waals surface area (Å²) in [5, 5.41) is 0. The molecule has 0 heterocycles. The van der Waals surface area contributed by atoms with Crippen LogP contribution in [0, 0.1) is 12.8 Å². The molecule has 0 aromatic heterocycles. The zero-order valence-corrected chi connectivity index (χ0v) is 8.49. The molecule has 0 saturated heterocycles. The first-order chi connectivity index (χ1) is 2.00. The van der Waals surface area contributed by atoms with Crippen molar-refractivity contribution in [1.82, 2.24) is 0 Å². The van der Waals surface area contributed by atoms with Gasteiger partial charge in [0, 0.05) is 0 Å². The number of halogens is 1. The third-order valence-corrected chi connectivity index (χ3v) is 0. The third-order valence-electron chi connectivity index (χ3n) is 0. The second kappa shape index (κ2) is 47.6. The minimum atomic E-state index is 0.500. The molecule has 0 aliphatic rings. The Kier molecular flexibility index (Phi) is 105. The molecule has 0 atom stereocenters. The Morgan fingerprint density at radius 3 is 1.25 bits per heavy atom. The van der Waals surface area contributed by atoms with Crippen molar-refractivity contribution in [3.05, 3.63) is 0 Å². The Balaban J connectivity index is 0. The summed E-state index contributed by atoms with van der Waals surface area (Å²) >= 11 is 0.500. The molecule has 0 fully saturated rings. The molecule has 0 radical (unpaired) electrons. The number of hydrogen-bond acceptors (Lipinski definition) is 0. The van der Waals surface area contributed by atoms with E-state index in [4.69, 9.17) is 8.25 Å². The molecule has 0 aromatic carbocycles. The molecule has 0 bridgehead atoms. The molecule has 2 heteroatoms. The molecule has 0 spiro atoms. The van der Waals surface area contributed by atoms with Gasteiger partial charge in [-0.3, -0.25) is 0 Å². The molecule has 0 aliphatic heterocycles. The first-order valence-electron chi connectivity index (χ1n) is 0.601. The van der Waals surface area contributed by atoms with Crippen molar-refractivity contribution in [2.75, 3.05) is 0 Å². The van der Waals surface area contributed by atoms with Gasteiger partial charge in [0.2, 0.25) is 0 Å². The summed E-state index contributed by atoms with van der Waals surface area (Å²) < 4.78 is 0. The van der Waals surface area contributed by atoms with Crippen molar-refractivity contribution >= 4 is 8.25 Å². The van der Waals surface area contributed by atoms with Gasteiger partial charge >= 0.3 is 33.1 Å². The Hall–Kier alpha value is 0.785. The van der Waals surface area contributed by atoms with Gasteiger partial charge in [0.25, 0.3) is 0 Å². The van der Waals surface area contributed by atoms with Crippen molar-refractivity contribution < 1.29 is 24.9 Å². The van der Waals surface area contributed by atoms with Gasteiger partial charge in [-0.15, -0.1) is 12.8 Å². The zero-order chi connectivity index (χ0) is 4.00. The number of terminal acetylenes is 1. The molecule has 0 unspecified atom stereocenters. The van der Waals surface area contributed by atoms with Crippen LogP contribution in [-0.2, 0) is 24.9 Å². The van der Waals surface area contributed by atoms with E-state index in [1.807, 2.05) is 0 Å². The average molecular weight is 262 g/mol.